The van der Waals surface area contributed by atoms with Crippen molar-refractivity contribution in [1.29, 1.82) is 0 Å². The van der Waals surface area contributed by atoms with Gasteiger partial charge in [-0.3, -0.25) is 0 Å². The quantitative estimate of drug-likeness (QED) is 0.462. The van der Waals surface area contributed by atoms with E-state index in [9.17, 15) is 4.79 Å². The summed E-state index contributed by atoms with van der Waals surface area (Å²) >= 11 is 0. The van der Waals surface area contributed by atoms with Crippen LogP contribution in [-0.2, 0) is 19.0 Å². The summed E-state index contributed by atoms with van der Waals surface area (Å²) in [5.74, 6) is -1.70. The normalized spacial score (nSPS) is 11.3. The van der Waals surface area contributed by atoms with Gasteiger partial charge in [0.1, 0.15) is 0 Å². The van der Waals surface area contributed by atoms with Crippen molar-refractivity contribution in [3.8, 4) is 0 Å². The van der Waals surface area contributed by atoms with Crippen LogP contribution >= 0.6 is 0 Å². The molecule has 0 rings (SSSR count). The first-order valence-corrected chi connectivity index (χ1v) is 3.94. The van der Waals surface area contributed by atoms with Crippen LogP contribution in [0.5, 0.6) is 0 Å². The summed E-state index contributed by atoms with van der Waals surface area (Å²) in [6.07, 6.45) is 0.429. The number of carbonyl (C=O) groups excluding carboxylic acids is 1. The number of hydrogen-bond donors (Lipinski definition) is 0. The largest absolute Gasteiger partial charge is 0.462 e. The summed E-state index contributed by atoms with van der Waals surface area (Å²) in [7, 11) is 2.84. The van der Waals surface area contributed by atoms with Crippen LogP contribution in [0.4, 0.5) is 0 Å². The van der Waals surface area contributed by atoms with Crippen LogP contribution in [0.15, 0.2) is 0 Å². The van der Waals surface area contributed by atoms with Crippen molar-refractivity contribution in [3.63, 3.8) is 0 Å². The lowest BCUT2D eigenvalue weighted by Crippen LogP contribution is -2.43. The first-order chi connectivity index (χ1) is 5.66. The first-order valence-electron chi connectivity index (χ1n) is 3.94. The van der Waals surface area contributed by atoms with Crippen molar-refractivity contribution in [2.45, 2.75) is 26.1 Å². The zero-order valence-corrected chi connectivity index (χ0v) is 8.05. The zero-order valence-electron chi connectivity index (χ0n) is 8.05. The molecule has 0 saturated heterocycles. The second kappa shape index (κ2) is 5.11. The Morgan fingerprint density at radius 1 is 1.25 bits per heavy atom. The Hall–Kier alpha value is -0.610. The van der Waals surface area contributed by atoms with Crippen LogP contribution in [0.25, 0.3) is 0 Å². The summed E-state index contributed by atoms with van der Waals surface area (Å²) in [5.41, 5.74) is 0. The van der Waals surface area contributed by atoms with Crippen LogP contribution in [-0.4, -0.2) is 32.6 Å². The average molecular weight is 176 g/mol. The Bertz CT molecular complexity index is 132. The molecule has 0 saturated carbocycles. The molecule has 0 aliphatic heterocycles. The van der Waals surface area contributed by atoms with Gasteiger partial charge < -0.3 is 14.2 Å². The Morgan fingerprint density at radius 2 is 1.75 bits per heavy atom. The molecular weight excluding hydrogens is 160 g/mol. The van der Waals surface area contributed by atoms with Crippen LogP contribution in [0.3, 0.4) is 0 Å². The number of carbonyl (C=O) groups is 1. The standard InChI is InChI=1S/C8H16O4/c1-5-8(10-3,11-4)7(9)12-6-2/h5-6H2,1-4H3. The van der Waals surface area contributed by atoms with Gasteiger partial charge in [-0.2, -0.15) is 0 Å². The van der Waals surface area contributed by atoms with Gasteiger partial charge >= 0.3 is 5.97 Å². The van der Waals surface area contributed by atoms with Gasteiger partial charge in [0.2, 0.25) is 0 Å². The third-order valence-corrected chi connectivity index (χ3v) is 1.71. The topological polar surface area (TPSA) is 44.8 Å². The van der Waals surface area contributed by atoms with Crippen LogP contribution in [0.1, 0.15) is 20.3 Å². The molecule has 0 unspecified atom stereocenters. The Labute approximate surface area is 72.8 Å². The van der Waals surface area contributed by atoms with Crippen LogP contribution < -0.4 is 0 Å². The lowest BCUT2D eigenvalue weighted by atomic mass is 10.2. The molecule has 0 aromatic rings. The van der Waals surface area contributed by atoms with Gasteiger partial charge in [-0.15, -0.1) is 0 Å². The van der Waals surface area contributed by atoms with E-state index < -0.39 is 11.8 Å². The fourth-order valence-electron chi connectivity index (χ4n) is 0.924. The van der Waals surface area contributed by atoms with Gasteiger partial charge in [-0.05, 0) is 6.92 Å². The highest BCUT2D eigenvalue weighted by Gasteiger charge is 2.38. The molecule has 0 amide bonds. The monoisotopic (exact) mass is 176 g/mol. The molecule has 0 fully saturated rings. The van der Waals surface area contributed by atoms with Crippen molar-refractivity contribution >= 4 is 5.97 Å². The third kappa shape index (κ3) is 2.19. The highest BCUT2D eigenvalue weighted by molar-refractivity contribution is 5.77. The molecule has 0 aliphatic rings. The summed E-state index contributed by atoms with van der Waals surface area (Å²) in [6, 6.07) is 0. The van der Waals surface area contributed by atoms with Crippen molar-refractivity contribution < 1.29 is 19.0 Å². The van der Waals surface area contributed by atoms with Crippen molar-refractivity contribution in [3.05, 3.63) is 0 Å². The molecule has 0 spiro atoms. The Morgan fingerprint density at radius 3 is 2.00 bits per heavy atom. The van der Waals surface area contributed by atoms with E-state index in [-0.39, 0.29) is 0 Å². The highest BCUT2D eigenvalue weighted by atomic mass is 16.7. The summed E-state index contributed by atoms with van der Waals surface area (Å²) in [6.45, 7) is 3.86. The van der Waals surface area contributed by atoms with Gasteiger partial charge in [0, 0.05) is 20.6 Å². The SMILES string of the molecule is CCOC(=O)C(CC)(OC)OC. The molecule has 4 nitrogen and oxygen atoms in total. The number of ether oxygens (including phenoxy) is 3. The van der Waals surface area contributed by atoms with E-state index in [1.807, 2.05) is 0 Å². The molecule has 72 valence electrons. The van der Waals surface area contributed by atoms with Gasteiger partial charge in [0.05, 0.1) is 6.61 Å². The predicted octanol–water partition coefficient (Wildman–Crippen LogP) is 0.949. The average Bonchev–Trinajstić information content (AvgIpc) is 2.09. The highest BCUT2D eigenvalue weighted by Crippen LogP contribution is 2.17. The minimum atomic E-state index is -1.23. The maximum Gasteiger partial charge on any atom is 0.366 e. The van der Waals surface area contributed by atoms with Gasteiger partial charge in [-0.25, -0.2) is 4.79 Å². The molecule has 0 aromatic heterocycles. The number of hydrogen-bond acceptors (Lipinski definition) is 4. The number of methoxy groups -OCH3 is 2. The molecular formula is C8H16O4. The summed E-state index contributed by atoms with van der Waals surface area (Å²) in [5, 5.41) is 0. The lowest BCUT2D eigenvalue weighted by Gasteiger charge is -2.26. The maximum atomic E-state index is 11.3. The third-order valence-electron chi connectivity index (χ3n) is 1.71. The summed E-state index contributed by atoms with van der Waals surface area (Å²) in [4.78, 5) is 11.3. The summed E-state index contributed by atoms with van der Waals surface area (Å²) < 4.78 is 14.7. The fraction of sp³-hybridized carbons (Fsp3) is 0.875. The van der Waals surface area contributed by atoms with E-state index in [2.05, 4.69) is 0 Å². The smallest absolute Gasteiger partial charge is 0.366 e. The van der Waals surface area contributed by atoms with E-state index in [0.29, 0.717) is 13.0 Å². The zero-order chi connectivity index (χ0) is 9.61. The fourth-order valence-corrected chi connectivity index (χ4v) is 0.924. The molecule has 4 heteroatoms. The van der Waals surface area contributed by atoms with Crippen molar-refractivity contribution in [1.82, 2.24) is 0 Å². The van der Waals surface area contributed by atoms with E-state index in [1.165, 1.54) is 14.2 Å². The molecule has 0 N–H and O–H groups in total. The molecule has 12 heavy (non-hydrogen) atoms. The first kappa shape index (κ1) is 11.4. The second-order valence-electron chi connectivity index (χ2n) is 2.24. The molecule has 0 heterocycles. The molecule has 0 bridgehead atoms. The molecule has 0 aliphatic carbocycles. The maximum absolute atomic E-state index is 11.3. The van der Waals surface area contributed by atoms with E-state index in [1.54, 1.807) is 13.8 Å². The van der Waals surface area contributed by atoms with Crippen molar-refractivity contribution in [2.75, 3.05) is 20.8 Å². The van der Waals surface area contributed by atoms with Gasteiger partial charge in [-0.1, -0.05) is 6.92 Å². The Kier molecular flexibility index (Phi) is 4.85. The van der Waals surface area contributed by atoms with Crippen molar-refractivity contribution in [2.24, 2.45) is 0 Å². The van der Waals surface area contributed by atoms with Crippen LogP contribution in [0, 0.1) is 0 Å². The second-order valence-corrected chi connectivity index (χ2v) is 2.24. The van der Waals surface area contributed by atoms with E-state index in [4.69, 9.17) is 14.2 Å². The number of rotatable bonds is 5. The molecule has 0 atom stereocenters. The Balaban J connectivity index is 4.36. The lowest BCUT2D eigenvalue weighted by molar-refractivity contribution is -0.230. The van der Waals surface area contributed by atoms with E-state index >= 15 is 0 Å². The minimum absolute atomic E-state index is 0.327. The van der Waals surface area contributed by atoms with Gasteiger partial charge in [0.25, 0.3) is 5.79 Å². The predicted molar refractivity (Wildman–Crippen MR) is 43.7 cm³/mol. The molecule has 0 aromatic carbocycles. The number of esters is 1. The minimum Gasteiger partial charge on any atom is -0.462 e. The molecule has 0 radical (unpaired) electrons. The van der Waals surface area contributed by atoms with E-state index in [0.717, 1.165) is 0 Å². The van der Waals surface area contributed by atoms with Crippen LogP contribution in [0.2, 0.25) is 0 Å². The van der Waals surface area contributed by atoms with Gasteiger partial charge in [0.15, 0.2) is 0 Å².